The summed E-state index contributed by atoms with van der Waals surface area (Å²) in [6, 6.07) is 3.43. The van der Waals surface area contributed by atoms with Gasteiger partial charge >= 0.3 is 6.09 Å². The molecule has 1 amide bonds. The summed E-state index contributed by atoms with van der Waals surface area (Å²) in [5.74, 6) is 1.73. The summed E-state index contributed by atoms with van der Waals surface area (Å²) >= 11 is 0. The van der Waals surface area contributed by atoms with Crippen LogP contribution in [-0.2, 0) is 0 Å². The van der Waals surface area contributed by atoms with Gasteiger partial charge in [0.15, 0.2) is 11.5 Å². The van der Waals surface area contributed by atoms with Gasteiger partial charge in [-0.15, -0.1) is 0 Å². The van der Waals surface area contributed by atoms with Crippen molar-refractivity contribution in [3.8, 4) is 17.2 Å². The molecule has 0 radical (unpaired) electrons. The Morgan fingerprint density at radius 2 is 1.78 bits per heavy atom. The number of carbonyl (C=O) groups excluding carboxylic acids is 1. The lowest BCUT2D eigenvalue weighted by atomic mass is 10.2. The molecule has 5 heteroatoms. The summed E-state index contributed by atoms with van der Waals surface area (Å²) in [5, 5.41) is 2.40. The van der Waals surface area contributed by atoms with E-state index >= 15 is 0 Å². The van der Waals surface area contributed by atoms with Crippen LogP contribution in [0.15, 0.2) is 12.1 Å². The van der Waals surface area contributed by atoms with Gasteiger partial charge in [0.2, 0.25) is 0 Å². The molecule has 0 aromatic heterocycles. The number of hydrogen-bond donors (Lipinski definition) is 1. The summed E-state index contributed by atoms with van der Waals surface area (Å²) in [4.78, 5) is 11.2. The SMILES string of the molecule is CCOc1ccc(OC(=O)NC)c(C)c1OCC. The zero-order valence-electron chi connectivity index (χ0n) is 11.2. The van der Waals surface area contributed by atoms with E-state index in [0.29, 0.717) is 30.5 Å². The van der Waals surface area contributed by atoms with Gasteiger partial charge in [-0.25, -0.2) is 4.79 Å². The Balaban J connectivity index is 3.08. The molecule has 0 heterocycles. The van der Waals surface area contributed by atoms with Crippen molar-refractivity contribution in [3.05, 3.63) is 17.7 Å². The quantitative estimate of drug-likeness (QED) is 0.876. The van der Waals surface area contributed by atoms with Crippen LogP contribution < -0.4 is 19.5 Å². The largest absolute Gasteiger partial charge is 0.490 e. The zero-order valence-corrected chi connectivity index (χ0v) is 11.2. The minimum atomic E-state index is -0.510. The summed E-state index contributed by atoms with van der Waals surface area (Å²) in [5.41, 5.74) is 0.742. The van der Waals surface area contributed by atoms with Crippen LogP contribution in [-0.4, -0.2) is 26.4 Å². The number of benzene rings is 1. The number of hydrogen-bond acceptors (Lipinski definition) is 4. The Hall–Kier alpha value is -1.91. The van der Waals surface area contributed by atoms with E-state index in [1.54, 1.807) is 12.1 Å². The number of amides is 1. The number of rotatable bonds is 5. The Bertz CT molecular complexity index is 418. The second-order valence-corrected chi connectivity index (χ2v) is 3.52. The average Bonchev–Trinajstić information content (AvgIpc) is 2.37. The van der Waals surface area contributed by atoms with E-state index in [4.69, 9.17) is 14.2 Å². The standard InChI is InChI=1S/C13H19NO4/c1-5-16-11-8-7-10(18-13(15)14-4)9(3)12(11)17-6-2/h7-8H,5-6H2,1-4H3,(H,14,15). The third kappa shape index (κ3) is 3.29. The Morgan fingerprint density at radius 3 is 2.33 bits per heavy atom. The molecule has 0 spiro atoms. The fourth-order valence-electron chi connectivity index (χ4n) is 1.50. The maximum atomic E-state index is 11.2. The van der Waals surface area contributed by atoms with Crippen LogP contribution in [0.4, 0.5) is 4.79 Å². The summed E-state index contributed by atoms with van der Waals surface area (Å²) in [6.45, 7) is 6.69. The highest BCUT2D eigenvalue weighted by atomic mass is 16.6. The molecule has 100 valence electrons. The molecule has 0 aliphatic carbocycles. The van der Waals surface area contributed by atoms with E-state index in [2.05, 4.69) is 5.32 Å². The van der Waals surface area contributed by atoms with E-state index < -0.39 is 6.09 Å². The van der Waals surface area contributed by atoms with Gasteiger partial charge in [0, 0.05) is 12.6 Å². The van der Waals surface area contributed by atoms with Crippen molar-refractivity contribution in [2.45, 2.75) is 20.8 Å². The van der Waals surface area contributed by atoms with E-state index in [1.807, 2.05) is 20.8 Å². The Morgan fingerprint density at radius 1 is 1.17 bits per heavy atom. The molecule has 0 bridgehead atoms. The molecule has 1 aromatic carbocycles. The molecule has 1 N–H and O–H groups in total. The Labute approximate surface area is 107 Å². The lowest BCUT2D eigenvalue weighted by Crippen LogP contribution is -2.22. The number of ether oxygens (including phenoxy) is 3. The summed E-state index contributed by atoms with van der Waals surface area (Å²) < 4.78 is 16.1. The minimum Gasteiger partial charge on any atom is -0.490 e. The molecule has 0 saturated heterocycles. The number of carbonyl (C=O) groups is 1. The molecule has 5 nitrogen and oxygen atoms in total. The van der Waals surface area contributed by atoms with Crippen LogP contribution in [0, 0.1) is 6.92 Å². The van der Waals surface area contributed by atoms with Crippen LogP contribution in [0.1, 0.15) is 19.4 Å². The third-order valence-corrected chi connectivity index (χ3v) is 2.32. The van der Waals surface area contributed by atoms with Crippen LogP contribution in [0.2, 0.25) is 0 Å². The van der Waals surface area contributed by atoms with E-state index in [0.717, 1.165) is 5.56 Å². The third-order valence-electron chi connectivity index (χ3n) is 2.32. The first kappa shape index (κ1) is 14.2. The van der Waals surface area contributed by atoms with Crippen molar-refractivity contribution in [2.75, 3.05) is 20.3 Å². The van der Waals surface area contributed by atoms with Gasteiger partial charge in [-0.1, -0.05) is 0 Å². The van der Waals surface area contributed by atoms with Crippen molar-refractivity contribution in [1.29, 1.82) is 0 Å². The van der Waals surface area contributed by atoms with Gasteiger partial charge < -0.3 is 19.5 Å². The molecule has 1 aromatic rings. The van der Waals surface area contributed by atoms with E-state index in [-0.39, 0.29) is 0 Å². The van der Waals surface area contributed by atoms with Crippen LogP contribution in [0.5, 0.6) is 17.2 Å². The van der Waals surface area contributed by atoms with Gasteiger partial charge in [-0.05, 0) is 32.9 Å². The fourth-order valence-corrected chi connectivity index (χ4v) is 1.50. The lowest BCUT2D eigenvalue weighted by Gasteiger charge is -2.15. The molecule has 0 aliphatic rings. The highest BCUT2D eigenvalue weighted by Crippen LogP contribution is 2.37. The molecule has 18 heavy (non-hydrogen) atoms. The van der Waals surface area contributed by atoms with Crippen molar-refractivity contribution in [2.24, 2.45) is 0 Å². The molecule has 0 atom stereocenters. The molecule has 1 rings (SSSR count). The first-order valence-corrected chi connectivity index (χ1v) is 5.92. The maximum absolute atomic E-state index is 11.2. The van der Waals surface area contributed by atoms with Crippen LogP contribution in [0.3, 0.4) is 0 Å². The normalized spacial score (nSPS) is 9.78. The predicted octanol–water partition coefficient (Wildman–Crippen LogP) is 2.51. The van der Waals surface area contributed by atoms with Crippen molar-refractivity contribution < 1.29 is 19.0 Å². The maximum Gasteiger partial charge on any atom is 0.412 e. The zero-order chi connectivity index (χ0) is 13.5. The Kier molecular flexibility index (Phi) is 5.30. The molecule has 0 aliphatic heterocycles. The molecule has 0 saturated carbocycles. The molecule has 0 fully saturated rings. The first-order valence-electron chi connectivity index (χ1n) is 5.92. The van der Waals surface area contributed by atoms with Gasteiger partial charge in [0.25, 0.3) is 0 Å². The van der Waals surface area contributed by atoms with E-state index in [9.17, 15) is 4.79 Å². The smallest absolute Gasteiger partial charge is 0.412 e. The van der Waals surface area contributed by atoms with Crippen molar-refractivity contribution >= 4 is 6.09 Å². The average molecular weight is 253 g/mol. The second kappa shape index (κ2) is 6.74. The topological polar surface area (TPSA) is 56.8 Å². The highest BCUT2D eigenvalue weighted by molar-refractivity contribution is 5.71. The van der Waals surface area contributed by atoms with Gasteiger partial charge in [0.05, 0.1) is 13.2 Å². The van der Waals surface area contributed by atoms with E-state index in [1.165, 1.54) is 7.05 Å². The molecule has 0 unspecified atom stereocenters. The summed E-state index contributed by atoms with van der Waals surface area (Å²) in [6.07, 6.45) is -0.510. The van der Waals surface area contributed by atoms with Gasteiger partial charge in [-0.2, -0.15) is 0 Å². The number of nitrogens with one attached hydrogen (secondary N) is 1. The molecular formula is C13H19NO4. The van der Waals surface area contributed by atoms with Crippen molar-refractivity contribution in [1.82, 2.24) is 5.32 Å². The molecular weight excluding hydrogens is 234 g/mol. The monoisotopic (exact) mass is 253 g/mol. The minimum absolute atomic E-state index is 0.459. The predicted molar refractivity (Wildman–Crippen MR) is 68.6 cm³/mol. The van der Waals surface area contributed by atoms with Gasteiger partial charge in [0.1, 0.15) is 5.75 Å². The van der Waals surface area contributed by atoms with Crippen LogP contribution in [0.25, 0.3) is 0 Å². The van der Waals surface area contributed by atoms with Crippen molar-refractivity contribution in [3.63, 3.8) is 0 Å². The lowest BCUT2D eigenvalue weighted by molar-refractivity contribution is 0.202. The first-order chi connectivity index (χ1) is 8.63. The van der Waals surface area contributed by atoms with Gasteiger partial charge in [-0.3, -0.25) is 0 Å². The highest BCUT2D eigenvalue weighted by Gasteiger charge is 2.15. The summed E-state index contributed by atoms with van der Waals surface area (Å²) in [7, 11) is 1.51. The second-order valence-electron chi connectivity index (χ2n) is 3.52. The van der Waals surface area contributed by atoms with Crippen LogP contribution >= 0.6 is 0 Å². The fraction of sp³-hybridized carbons (Fsp3) is 0.462.